The van der Waals surface area contributed by atoms with Crippen LogP contribution in [0.25, 0.3) is 11.0 Å². The number of anilines is 1. The van der Waals surface area contributed by atoms with Crippen LogP contribution < -0.4 is 10.6 Å². The molecule has 4 rings (SSSR count). The summed E-state index contributed by atoms with van der Waals surface area (Å²) in [6.07, 6.45) is 3.08. The minimum absolute atomic E-state index is 0.0582. The number of rotatable bonds is 6. The normalized spacial score (nSPS) is 10.7. The summed E-state index contributed by atoms with van der Waals surface area (Å²) in [5.41, 5.74) is 2.35. The van der Waals surface area contributed by atoms with Gasteiger partial charge in [-0.25, -0.2) is 19.9 Å². The fourth-order valence-corrected chi connectivity index (χ4v) is 3.22. The molecular weight excluding hydrogens is 378 g/mol. The number of hydrogen-bond donors (Lipinski definition) is 3. The summed E-state index contributed by atoms with van der Waals surface area (Å²) in [5.74, 6) is 0.109. The number of fused-ring (bicyclic) bond motifs is 1. The topological polar surface area (TPSA) is 126 Å². The lowest BCUT2D eigenvalue weighted by Crippen LogP contribution is -2.25. The molecule has 10 heteroatoms. The highest BCUT2D eigenvalue weighted by atomic mass is 32.1. The first-order chi connectivity index (χ1) is 13.7. The summed E-state index contributed by atoms with van der Waals surface area (Å²) in [6.45, 7) is 0.298. The second-order valence-electron chi connectivity index (χ2n) is 5.82. The molecule has 0 spiro atoms. The molecule has 2 amide bonds. The van der Waals surface area contributed by atoms with E-state index in [2.05, 4.69) is 35.6 Å². The van der Waals surface area contributed by atoms with Gasteiger partial charge in [-0.15, -0.1) is 11.3 Å². The molecule has 0 fully saturated rings. The fraction of sp³-hybridized carbons (Fsp3) is 0.111. The number of thiazole rings is 1. The second-order valence-corrected chi connectivity index (χ2v) is 6.68. The highest BCUT2D eigenvalue weighted by Crippen LogP contribution is 2.16. The van der Waals surface area contributed by atoms with Gasteiger partial charge in [0.25, 0.3) is 5.91 Å². The van der Waals surface area contributed by atoms with Gasteiger partial charge >= 0.3 is 0 Å². The summed E-state index contributed by atoms with van der Waals surface area (Å²) in [6, 6.07) is 9.30. The van der Waals surface area contributed by atoms with Crippen LogP contribution >= 0.6 is 11.3 Å². The fourth-order valence-electron chi connectivity index (χ4n) is 2.51. The molecule has 0 saturated carbocycles. The Morgan fingerprint density at radius 2 is 1.89 bits per heavy atom. The zero-order valence-corrected chi connectivity index (χ0v) is 15.4. The number of para-hydroxylation sites is 2. The van der Waals surface area contributed by atoms with E-state index >= 15 is 0 Å². The Kier molecular flexibility index (Phi) is 5.02. The first-order valence-corrected chi connectivity index (χ1v) is 9.28. The Labute approximate surface area is 163 Å². The quantitative estimate of drug-likeness (QED) is 0.459. The van der Waals surface area contributed by atoms with E-state index in [4.69, 9.17) is 0 Å². The van der Waals surface area contributed by atoms with Crippen LogP contribution in [0.2, 0.25) is 0 Å². The molecule has 0 aliphatic rings. The average Bonchev–Trinajstić information content (AvgIpc) is 3.33. The van der Waals surface area contributed by atoms with Crippen LogP contribution in [-0.4, -0.2) is 36.7 Å². The number of nitrogens with one attached hydrogen (secondary N) is 3. The number of aromatic amines is 1. The molecular formula is C18H15N7O2S. The third-order valence-electron chi connectivity index (χ3n) is 3.77. The zero-order chi connectivity index (χ0) is 19.3. The molecule has 3 N–H and O–H groups in total. The van der Waals surface area contributed by atoms with Gasteiger partial charge < -0.3 is 10.3 Å². The number of imidazole rings is 1. The lowest BCUT2D eigenvalue weighted by Gasteiger charge is -2.01. The molecule has 3 heterocycles. The first-order valence-electron chi connectivity index (χ1n) is 8.40. The van der Waals surface area contributed by atoms with E-state index in [1.165, 1.54) is 23.7 Å². The molecule has 0 aliphatic carbocycles. The van der Waals surface area contributed by atoms with Gasteiger partial charge in [0, 0.05) is 17.8 Å². The Hall–Kier alpha value is -3.66. The Morgan fingerprint density at radius 3 is 2.71 bits per heavy atom. The molecule has 0 saturated heterocycles. The SMILES string of the molecule is O=C(Cc1csc(NC(=O)c2ncccn2)n1)NCc1nc2ccccc2[nH]1. The van der Waals surface area contributed by atoms with Crippen molar-refractivity contribution < 1.29 is 9.59 Å². The Morgan fingerprint density at radius 1 is 1.07 bits per heavy atom. The molecule has 28 heavy (non-hydrogen) atoms. The number of carbonyl (C=O) groups excluding carboxylic acids is 2. The number of carbonyl (C=O) groups is 2. The summed E-state index contributed by atoms with van der Waals surface area (Å²) < 4.78 is 0. The summed E-state index contributed by atoms with van der Waals surface area (Å²) in [5, 5.41) is 7.54. The minimum Gasteiger partial charge on any atom is -0.349 e. The predicted octanol–water partition coefficient (Wildman–Crippen LogP) is 1.92. The Bertz CT molecular complexity index is 1090. The number of hydrogen-bond acceptors (Lipinski definition) is 7. The maximum atomic E-state index is 12.2. The van der Waals surface area contributed by atoms with Crippen molar-refractivity contribution in [1.82, 2.24) is 30.2 Å². The minimum atomic E-state index is -0.448. The molecule has 0 atom stereocenters. The van der Waals surface area contributed by atoms with E-state index in [1.54, 1.807) is 11.4 Å². The summed E-state index contributed by atoms with van der Waals surface area (Å²) in [4.78, 5) is 43.8. The van der Waals surface area contributed by atoms with Gasteiger partial charge in [0.05, 0.1) is 29.7 Å². The lowest BCUT2D eigenvalue weighted by atomic mass is 10.3. The smallest absolute Gasteiger partial charge is 0.295 e. The van der Waals surface area contributed by atoms with E-state index in [-0.39, 0.29) is 18.2 Å². The summed E-state index contributed by atoms with van der Waals surface area (Å²) in [7, 11) is 0. The van der Waals surface area contributed by atoms with Crippen LogP contribution in [0.5, 0.6) is 0 Å². The largest absolute Gasteiger partial charge is 0.349 e. The molecule has 1 aromatic carbocycles. The van der Waals surface area contributed by atoms with Crippen molar-refractivity contribution in [2.24, 2.45) is 0 Å². The van der Waals surface area contributed by atoms with E-state index in [0.29, 0.717) is 23.2 Å². The van der Waals surface area contributed by atoms with Gasteiger partial charge in [0.2, 0.25) is 11.7 Å². The number of aromatic nitrogens is 5. The van der Waals surface area contributed by atoms with Gasteiger partial charge in [-0.05, 0) is 18.2 Å². The first kappa shape index (κ1) is 17.7. The van der Waals surface area contributed by atoms with Gasteiger partial charge in [0.1, 0.15) is 5.82 Å². The maximum absolute atomic E-state index is 12.2. The van der Waals surface area contributed by atoms with Gasteiger partial charge in [0.15, 0.2) is 5.13 Å². The summed E-state index contributed by atoms with van der Waals surface area (Å²) >= 11 is 1.23. The van der Waals surface area contributed by atoms with Crippen molar-refractivity contribution in [3.05, 3.63) is 65.4 Å². The van der Waals surface area contributed by atoms with Crippen LogP contribution in [-0.2, 0) is 17.8 Å². The van der Waals surface area contributed by atoms with E-state index < -0.39 is 5.91 Å². The lowest BCUT2D eigenvalue weighted by molar-refractivity contribution is -0.120. The number of nitrogens with zero attached hydrogens (tertiary/aromatic N) is 4. The highest BCUT2D eigenvalue weighted by molar-refractivity contribution is 7.14. The third kappa shape index (κ3) is 4.18. The zero-order valence-electron chi connectivity index (χ0n) is 14.5. The van der Waals surface area contributed by atoms with Crippen LogP contribution in [0.4, 0.5) is 5.13 Å². The van der Waals surface area contributed by atoms with Crippen molar-refractivity contribution >= 4 is 39.3 Å². The van der Waals surface area contributed by atoms with Crippen molar-refractivity contribution in [3.63, 3.8) is 0 Å². The van der Waals surface area contributed by atoms with Crippen LogP contribution in [0.3, 0.4) is 0 Å². The standard InChI is InChI=1S/C18H15N7O2S/c26-15(21-9-14-23-12-4-1-2-5-13(12)24-14)8-11-10-28-18(22-11)25-17(27)16-19-6-3-7-20-16/h1-7,10H,8-9H2,(H,21,26)(H,23,24)(H,22,25,27). The molecule has 0 radical (unpaired) electrons. The number of H-pyrrole nitrogens is 1. The number of benzene rings is 1. The maximum Gasteiger partial charge on any atom is 0.295 e. The third-order valence-corrected chi connectivity index (χ3v) is 4.58. The average molecular weight is 393 g/mol. The molecule has 0 aliphatic heterocycles. The molecule has 0 unspecified atom stereocenters. The van der Waals surface area contributed by atoms with Crippen LogP contribution in [0.1, 0.15) is 22.1 Å². The predicted molar refractivity (Wildman–Crippen MR) is 104 cm³/mol. The van der Waals surface area contributed by atoms with E-state index in [1.807, 2.05) is 24.3 Å². The van der Waals surface area contributed by atoms with E-state index in [0.717, 1.165) is 11.0 Å². The molecule has 3 aromatic heterocycles. The van der Waals surface area contributed by atoms with Crippen molar-refractivity contribution in [2.45, 2.75) is 13.0 Å². The van der Waals surface area contributed by atoms with E-state index in [9.17, 15) is 9.59 Å². The van der Waals surface area contributed by atoms with Gasteiger partial charge in [-0.3, -0.25) is 14.9 Å². The van der Waals surface area contributed by atoms with Gasteiger partial charge in [-0.2, -0.15) is 0 Å². The van der Waals surface area contributed by atoms with Crippen LogP contribution in [0.15, 0.2) is 48.1 Å². The van der Waals surface area contributed by atoms with Crippen molar-refractivity contribution in [1.29, 1.82) is 0 Å². The molecule has 9 nitrogen and oxygen atoms in total. The second kappa shape index (κ2) is 7.92. The monoisotopic (exact) mass is 393 g/mol. The van der Waals surface area contributed by atoms with Gasteiger partial charge in [-0.1, -0.05) is 12.1 Å². The Balaban J connectivity index is 1.30. The molecule has 0 bridgehead atoms. The molecule has 140 valence electrons. The van der Waals surface area contributed by atoms with Crippen LogP contribution in [0, 0.1) is 0 Å². The molecule has 4 aromatic rings. The van der Waals surface area contributed by atoms with Crippen molar-refractivity contribution in [2.75, 3.05) is 5.32 Å². The highest BCUT2D eigenvalue weighted by Gasteiger charge is 2.13. The van der Waals surface area contributed by atoms with Crippen molar-refractivity contribution in [3.8, 4) is 0 Å². The number of amides is 2.